The molecule has 1 aromatic carbocycles. The van der Waals surface area contributed by atoms with Crippen LogP contribution in [0.4, 0.5) is 0 Å². The van der Waals surface area contributed by atoms with E-state index in [-0.39, 0.29) is 5.56 Å². The first kappa shape index (κ1) is 15.3. The SMILES string of the molecule is COC(=O)c1ccc(C(=O)NNC(=O)c2ccoc2C)cc1. The Hall–Kier alpha value is -3.09. The number of esters is 1. The summed E-state index contributed by atoms with van der Waals surface area (Å²) in [5.74, 6) is -1.03. The first-order valence-electron chi connectivity index (χ1n) is 6.36. The maximum atomic E-state index is 11.9. The average Bonchev–Trinajstić information content (AvgIpc) is 2.97. The molecule has 0 aliphatic carbocycles. The third-order valence-corrected chi connectivity index (χ3v) is 2.96. The van der Waals surface area contributed by atoms with Crippen molar-refractivity contribution in [1.29, 1.82) is 0 Å². The highest BCUT2D eigenvalue weighted by atomic mass is 16.5. The van der Waals surface area contributed by atoms with Crippen molar-refractivity contribution < 1.29 is 23.5 Å². The minimum absolute atomic E-state index is 0.289. The molecule has 2 rings (SSSR count). The first-order chi connectivity index (χ1) is 10.5. The molecule has 7 nitrogen and oxygen atoms in total. The molecule has 22 heavy (non-hydrogen) atoms. The van der Waals surface area contributed by atoms with E-state index in [1.54, 1.807) is 6.92 Å². The predicted molar refractivity (Wildman–Crippen MR) is 76.2 cm³/mol. The van der Waals surface area contributed by atoms with Crippen LogP contribution in [0.1, 0.15) is 36.8 Å². The van der Waals surface area contributed by atoms with Crippen LogP contribution < -0.4 is 10.9 Å². The fourth-order valence-electron chi connectivity index (χ4n) is 1.75. The number of carbonyl (C=O) groups is 3. The van der Waals surface area contributed by atoms with Crippen molar-refractivity contribution in [3.05, 3.63) is 59.0 Å². The normalized spacial score (nSPS) is 9.91. The molecule has 2 N–H and O–H groups in total. The Balaban J connectivity index is 1.96. The molecule has 1 heterocycles. The van der Waals surface area contributed by atoms with Gasteiger partial charge in [0.05, 0.1) is 24.5 Å². The molecule has 0 aliphatic rings. The Morgan fingerprint density at radius 2 is 1.55 bits per heavy atom. The molecular formula is C15H14N2O5. The molecule has 1 aromatic heterocycles. The van der Waals surface area contributed by atoms with Crippen LogP contribution >= 0.6 is 0 Å². The van der Waals surface area contributed by atoms with Gasteiger partial charge in [-0.25, -0.2) is 4.79 Å². The molecular weight excluding hydrogens is 288 g/mol. The lowest BCUT2D eigenvalue weighted by atomic mass is 10.1. The smallest absolute Gasteiger partial charge is 0.337 e. The lowest BCUT2D eigenvalue weighted by Crippen LogP contribution is -2.41. The molecule has 0 unspecified atom stereocenters. The van der Waals surface area contributed by atoms with Crippen LogP contribution in [0.25, 0.3) is 0 Å². The van der Waals surface area contributed by atoms with Gasteiger partial charge in [-0.3, -0.25) is 20.4 Å². The van der Waals surface area contributed by atoms with Crippen LogP contribution in [0.5, 0.6) is 0 Å². The maximum absolute atomic E-state index is 11.9. The van der Waals surface area contributed by atoms with E-state index >= 15 is 0 Å². The van der Waals surface area contributed by atoms with Gasteiger partial charge in [0.1, 0.15) is 5.76 Å². The summed E-state index contributed by atoms with van der Waals surface area (Å²) in [5.41, 5.74) is 5.52. The summed E-state index contributed by atoms with van der Waals surface area (Å²) in [5, 5.41) is 0. The van der Waals surface area contributed by atoms with Gasteiger partial charge in [0, 0.05) is 5.56 Å². The minimum atomic E-state index is -0.508. The van der Waals surface area contributed by atoms with Gasteiger partial charge in [-0.05, 0) is 37.3 Å². The summed E-state index contributed by atoms with van der Waals surface area (Å²) in [6.45, 7) is 1.64. The number of furan rings is 1. The van der Waals surface area contributed by atoms with Crippen molar-refractivity contribution in [3.8, 4) is 0 Å². The van der Waals surface area contributed by atoms with Crippen molar-refractivity contribution in [2.75, 3.05) is 7.11 Å². The zero-order valence-electron chi connectivity index (χ0n) is 12.0. The van der Waals surface area contributed by atoms with Crippen LogP contribution in [0.15, 0.2) is 41.0 Å². The van der Waals surface area contributed by atoms with Gasteiger partial charge in [0.2, 0.25) is 0 Å². The largest absolute Gasteiger partial charge is 0.469 e. The number of hydrogen-bond donors (Lipinski definition) is 2. The number of nitrogens with one attached hydrogen (secondary N) is 2. The van der Waals surface area contributed by atoms with E-state index in [4.69, 9.17) is 4.42 Å². The number of hydrogen-bond acceptors (Lipinski definition) is 5. The fourth-order valence-corrected chi connectivity index (χ4v) is 1.75. The Morgan fingerprint density at radius 1 is 0.955 bits per heavy atom. The highest BCUT2D eigenvalue weighted by molar-refractivity contribution is 6.00. The Bertz CT molecular complexity index is 703. The number of methoxy groups -OCH3 is 1. The topological polar surface area (TPSA) is 97.6 Å². The van der Waals surface area contributed by atoms with Crippen molar-refractivity contribution in [1.82, 2.24) is 10.9 Å². The van der Waals surface area contributed by atoms with E-state index in [1.807, 2.05) is 0 Å². The van der Waals surface area contributed by atoms with Gasteiger partial charge in [-0.15, -0.1) is 0 Å². The molecule has 7 heteroatoms. The minimum Gasteiger partial charge on any atom is -0.469 e. The molecule has 0 spiro atoms. The van der Waals surface area contributed by atoms with Gasteiger partial charge in [0.15, 0.2) is 0 Å². The molecule has 0 fully saturated rings. The van der Waals surface area contributed by atoms with Crippen LogP contribution in [0, 0.1) is 6.92 Å². The molecule has 0 bridgehead atoms. The molecule has 0 saturated heterocycles. The fraction of sp³-hybridized carbons (Fsp3) is 0.133. The van der Waals surface area contributed by atoms with E-state index in [2.05, 4.69) is 15.6 Å². The predicted octanol–water partition coefficient (Wildman–Crippen LogP) is 1.45. The van der Waals surface area contributed by atoms with Crippen molar-refractivity contribution in [2.24, 2.45) is 0 Å². The lowest BCUT2D eigenvalue weighted by molar-refractivity contribution is 0.0600. The number of hydrazine groups is 1. The zero-order valence-corrected chi connectivity index (χ0v) is 12.0. The molecule has 0 saturated carbocycles. The number of rotatable bonds is 3. The Labute approximate surface area is 126 Å². The van der Waals surface area contributed by atoms with Crippen LogP contribution in [-0.2, 0) is 4.74 Å². The van der Waals surface area contributed by atoms with E-state index < -0.39 is 17.8 Å². The van der Waals surface area contributed by atoms with Gasteiger partial charge < -0.3 is 9.15 Å². The number of aryl methyl sites for hydroxylation is 1. The van der Waals surface area contributed by atoms with E-state index in [0.717, 1.165) is 0 Å². The number of benzene rings is 1. The summed E-state index contributed by atoms with van der Waals surface area (Å²) in [4.78, 5) is 35.0. The Kier molecular flexibility index (Phi) is 4.57. The highest BCUT2D eigenvalue weighted by Gasteiger charge is 2.13. The average molecular weight is 302 g/mol. The maximum Gasteiger partial charge on any atom is 0.337 e. The second-order valence-electron chi connectivity index (χ2n) is 4.37. The summed E-state index contributed by atoms with van der Waals surface area (Å²) < 4.78 is 9.57. The number of ether oxygens (including phenoxy) is 1. The highest BCUT2D eigenvalue weighted by Crippen LogP contribution is 2.08. The molecule has 114 valence electrons. The summed E-state index contributed by atoms with van der Waals surface area (Å²) in [6, 6.07) is 7.33. The lowest BCUT2D eigenvalue weighted by Gasteiger charge is -2.07. The Morgan fingerprint density at radius 3 is 2.09 bits per heavy atom. The summed E-state index contributed by atoms with van der Waals surface area (Å²) in [6.07, 6.45) is 1.39. The second-order valence-corrected chi connectivity index (χ2v) is 4.37. The standard InChI is InChI=1S/C15H14N2O5/c1-9-12(7-8-22-9)14(19)17-16-13(18)10-3-5-11(6-4-10)15(20)21-2/h3-8H,1-2H3,(H,16,18)(H,17,19). The van der Waals surface area contributed by atoms with Gasteiger partial charge in [-0.2, -0.15) is 0 Å². The van der Waals surface area contributed by atoms with E-state index in [1.165, 1.54) is 43.7 Å². The van der Waals surface area contributed by atoms with Gasteiger partial charge in [-0.1, -0.05) is 0 Å². The molecule has 2 aromatic rings. The van der Waals surface area contributed by atoms with E-state index in [0.29, 0.717) is 16.9 Å². The second kappa shape index (κ2) is 6.57. The van der Waals surface area contributed by atoms with Crippen molar-refractivity contribution in [3.63, 3.8) is 0 Å². The number of amides is 2. The van der Waals surface area contributed by atoms with Crippen molar-refractivity contribution >= 4 is 17.8 Å². The quantitative estimate of drug-likeness (QED) is 0.660. The van der Waals surface area contributed by atoms with Gasteiger partial charge >= 0.3 is 5.97 Å². The monoisotopic (exact) mass is 302 g/mol. The third-order valence-electron chi connectivity index (χ3n) is 2.96. The van der Waals surface area contributed by atoms with Crippen LogP contribution in [-0.4, -0.2) is 24.9 Å². The molecule has 0 radical (unpaired) electrons. The van der Waals surface area contributed by atoms with Crippen LogP contribution in [0.3, 0.4) is 0 Å². The summed E-state index contributed by atoms with van der Waals surface area (Å²) in [7, 11) is 1.27. The third kappa shape index (κ3) is 3.32. The molecule has 0 atom stereocenters. The first-order valence-corrected chi connectivity index (χ1v) is 6.36. The molecule has 2 amide bonds. The van der Waals surface area contributed by atoms with Crippen LogP contribution in [0.2, 0.25) is 0 Å². The molecule has 0 aliphatic heterocycles. The zero-order chi connectivity index (χ0) is 16.1. The van der Waals surface area contributed by atoms with Crippen molar-refractivity contribution in [2.45, 2.75) is 6.92 Å². The summed E-state index contributed by atoms with van der Waals surface area (Å²) >= 11 is 0. The van der Waals surface area contributed by atoms with E-state index in [9.17, 15) is 14.4 Å². The van der Waals surface area contributed by atoms with Gasteiger partial charge in [0.25, 0.3) is 11.8 Å². The number of carbonyl (C=O) groups excluding carboxylic acids is 3.